The highest BCUT2D eigenvalue weighted by molar-refractivity contribution is 5.66. The van der Waals surface area contributed by atoms with E-state index in [-0.39, 0.29) is 0 Å². The van der Waals surface area contributed by atoms with Crippen LogP contribution in [0.2, 0.25) is 0 Å². The molecule has 1 aliphatic carbocycles. The van der Waals surface area contributed by atoms with Crippen LogP contribution in [-0.2, 0) is 4.79 Å². The van der Waals surface area contributed by atoms with Gasteiger partial charge in [0.2, 0.25) is 0 Å². The molecule has 1 saturated carbocycles. The number of hydrogen-bond donors (Lipinski definition) is 1. The lowest BCUT2D eigenvalue weighted by Gasteiger charge is -2.38. The highest BCUT2D eigenvalue weighted by Gasteiger charge is 2.25. The van der Waals surface area contributed by atoms with Crippen molar-refractivity contribution < 1.29 is 9.90 Å². The van der Waals surface area contributed by atoms with Crippen molar-refractivity contribution in [1.29, 1.82) is 0 Å². The first-order valence-corrected chi connectivity index (χ1v) is 6.94. The van der Waals surface area contributed by atoms with Crippen molar-refractivity contribution in [3.8, 4) is 0 Å². The van der Waals surface area contributed by atoms with Gasteiger partial charge >= 0.3 is 5.97 Å². The fourth-order valence-corrected chi connectivity index (χ4v) is 3.08. The summed E-state index contributed by atoms with van der Waals surface area (Å²) in [6.45, 7) is 5.55. The van der Waals surface area contributed by atoms with Crippen molar-refractivity contribution in [3.63, 3.8) is 0 Å². The van der Waals surface area contributed by atoms with E-state index in [2.05, 4.69) is 9.80 Å². The Morgan fingerprint density at radius 1 is 1.12 bits per heavy atom. The first kappa shape index (κ1) is 12.8. The Bertz CT molecular complexity index is 244. The molecular formula is C13H24N2O2. The molecule has 98 valence electrons. The van der Waals surface area contributed by atoms with Crippen LogP contribution in [-0.4, -0.2) is 59.6 Å². The first-order chi connectivity index (χ1) is 8.25. The van der Waals surface area contributed by atoms with Gasteiger partial charge < -0.3 is 10.0 Å². The zero-order chi connectivity index (χ0) is 12.1. The van der Waals surface area contributed by atoms with Crippen LogP contribution < -0.4 is 0 Å². The van der Waals surface area contributed by atoms with Crippen LogP contribution in [0.3, 0.4) is 0 Å². The Balaban J connectivity index is 1.62. The maximum absolute atomic E-state index is 10.4. The van der Waals surface area contributed by atoms with Crippen LogP contribution in [0.4, 0.5) is 0 Å². The summed E-state index contributed by atoms with van der Waals surface area (Å²) in [5.41, 5.74) is 0. The topological polar surface area (TPSA) is 43.8 Å². The number of piperazine rings is 1. The van der Waals surface area contributed by atoms with Crippen molar-refractivity contribution in [2.45, 2.75) is 44.6 Å². The number of carboxylic acid groups (broad SMARTS) is 1. The summed E-state index contributed by atoms with van der Waals surface area (Å²) >= 11 is 0. The summed E-state index contributed by atoms with van der Waals surface area (Å²) in [6, 6.07) is 0.844. The van der Waals surface area contributed by atoms with Crippen LogP contribution in [0.25, 0.3) is 0 Å². The van der Waals surface area contributed by atoms with Crippen LogP contribution in [0.1, 0.15) is 38.5 Å². The van der Waals surface area contributed by atoms with Crippen LogP contribution in [0.15, 0.2) is 0 Å². The molecule has 0 bridgehead atoms. The third-order valence-electron chi connectivity index (χ3n) is 4.11. The molecule has 17 heavy (non-hydrogen) atoms. The second kappa shape index (κ2) is 6.36. The predicted molar refractivity (Wildman–Crippen MR) is 67.1 cm³/mol. The van der Waals surface area contributed by atoms with E-state index in [9.17, 15) is 4.79 Å². The smallest absolute Gasteiger partial charge is 0.303 e. The SMILES string of the molecule is O=C(O)CCCN1CCN(C2CCCC2)CC1. The molecule has 0 aromatic carbocycles. The highest BCUT2D eigenvalue weighted by Crippen LogP contribution is 2.24. The molecule has 2 rings (SSSR count). The molecule has 1 aliphatic heterocycles. The van der Waals surface area contributed by atoms with Crippen molar-refractivity contribution >= 4 is 5.97 Å². The summed E-state index contributed by atoms with van der Waals surface area (Å²) < 4.78 is 0. The third kappa shape index (κ3) is 3.96. The van der Waals surface area contributed by atoms with Gasteiger partial charge in [-0.25, -0.2) is 0 Å². The Morgan fingerprint density at radius 3 is 2.35 bits per heavy atom. The highest BCUT2D eigenvalue weighted by atomic mass is 16.4. The Labute approximate surface area is 104 Å². The molecule has 1 heterocycles. The lowest BCUT2D eigenvalue weighted by molar-refractivity contribution is -0.137. The molecule has 0 atom stereocenters. The molecule has 0 radical (unpaired) electrons. The zero-order valence-corrected chi connectivity index (χ0v) is 10.6. The van der Waals surface area contributed by atoms with Gasteiger partial charge in [-0.2, -0.15) is 0 Å². The number of hydrogen-bond acceptors (Lipinski definition) is 3. The second-order valence-electron chi connectivity index (χ2n) is 5.31. The Kier molecular flexibility index (Phi) is 4.80. The molecule has 0 aromatic rings. The van der Waals surface area contributed by atoms with Gasteiger partial charge in [-0.05, 0) is 25.8 Å². The fraction of sp³-hybridized carbons (Fsp3) is 0.923. The van der Waals surface area contributed by atoms with Gasteiger partial charge in [0.15, 0.2) is 0 Å². The zero-order valence-electron chi connectivity index (χ0n) is 10.6. The predicted octanol–water partition coefficient (Wildman–Crippen LogP) is 1.41. The van der Waals surface area contributed by atoms with Crippen LogP contribution >= 0.6 is 0 Å². The lowest BCUT2D eigenvalue weighted by Crippen LogP contribution is -2.49. The minimum Gasteiger partial charge on any atom is -0.481 e. The van der Waals surface area contributed by atoms with Crippen molar-refractivity contribution in [1.82, 2.24) is 9.80 Å². The van der Waals surface area contributed by atoms with E-state index in [4.69, 9.17) is 5.11 Å². The minimum atomic E-state index is -0.672. The number of aliphatic carboxylic acids is 1. The molecule has 2 aliphatic rings. The summed E-state index contributed by atoms with van der Waals surface area (Å²) in [5, 5.41) is 8.60. The molecule has 0 amide bonds. The van der Waals surface area contributed by atoms with Gasteiger partial charge in [-0.1, -0.05) is 12.8 Å². The van der Waals surface area contributed by atoms with Crippen LogP contribution in [0, 0.1) is 0 Å². The average molecular weight is 240 g/mol. The van der Waals surface area contributed by atoms with E-state index < -0.39 is 5.97 Å². The van der Waals surface area contributed by atoms with Gasteiger partial charge in [-0.15, -0.1) is 0 Å². The average Bonchev–Trinajstić information content (AvgIpc) is 2.83. The van der Waals surface area contributed by atoms with Crippen molar-refractivity contribution in [2.75, 3.05) is 32.7 Å². The molecule has 0 spiro atoms. The summed E-state index contributed by atoms with van der Waals surface area (Å²) in [4.78, 5) is 15.5. The fourth-order valence-electron chi connectivity index (χ4n) is 3.08. The minimum absolute atomic E-state index is 0.308. The summed E-state index contributed by atoms with van der Waals surface area (Å²) in [6.07, 6.45) is 6.69. The lowest BCUT2D eigenvalue weighted by atomic mass is 10.1. The number of nitrogens with zero attached hydrogens (tertiary/aromatic N) is 2. The molecule has 0 unspecified atom stereocenters. The normalized spacial score (nSPS) is 24.2. The van der Waals surface area contributed by atoms with E-state index in [1.807, 2.05) is 0 Å². The van der Waals surface area contributed by atoms with E-state index in [1.165, 1.54) is 38.8 Å². The molecule has 2 fully saturated rings. The van der Waals surface area contributed by atoms with Crippen molar-refractivity contribution in [2.24, 2.45) is 0 Å². The monoisotopic (exact) mass is 240 g/mol. The van der Waals surface area contributed by atoms with Gasteiger partial charge in [0.05, 0.1) is 0 Å². The summed E-state index contributed by atoms with van der Waals surface area (Å²) in [5.74, 6) is -0.672. The van der Waals surface area contributed by atoms with Crippen LogP contribution in [0.5, 0.6) is 0 Å². The standard InChI is InChI=1S/C13H24N2O2/c16-13(17)6-3-7-14-8-10-15(11-9-14)12-4-1-2-5-12/h12H,1-11H2,(H,16,17). The molecule has 4 nitrogen and oxygen atoms in total. The van der Waals surface area contributed by atoms with Crippen molar-refractivity contribution in [3.05, 3.63) is 0 Å². The maximum Gasteiger partial charge on any atom is 0.303 e. The summed E-state index contributed by atoms with van der Waals surface area (Å²) in [7, 11) is 0. The quantitative estimate of drug-likeness (QED) is 0.789. The molecular weight excluding hydrogens is 216 g/mol. The molecule has 4 heteroatoms. The van der Waals surface area contributed by atoms with E-state index in [1.54, 1.807) is 0 Å². The van der Waals surface area contributed by atoms with E-state index in [0.29, 0.717) is 6.42 Å². The number of carboxylic acids is 1. The number of rotatable bonds is 5. The van der Waals surface area contributed by atoms with Gasteiger partial charge in [0.1, 0.15) is 0 Å². The Morgan fingerprint density at radius 2 is 1.76 bits per heavy atom. The Hall–Kier alpha value is -0.610. The van der Waals surface area contributed by atoms with Gasteiger partial charge in [0.25, 0.3) is 0 Å². The van der Waals surface area contributed by atoms with E-state index >= 15 is 0 Å². The maximum atomic E-state index is 10.4. The first-order valence-electron chi connectivity index (χ1n) is 6.94. The molecule has 0 aromatic heterocycles. The van der Waals surface area contributed by atoms with Gasteiger partial charge in [0, 0.05) is 38.6 Å². The largest absolute Gasteiger partial charge is 0.481 e. The molecule has 1 N–H and O–H groups in total. The van der Waals surface area contributed by atoms with E-state index in [0.717, 1.165) is 32.1 Å². The third-order valence-corrected chi connectivity index (χ3v) is 4.11. The molecule has 1 saturated heterocycles. The van der Waals surface area contributed by atoms with Gasteiger partial charge in [-0.3, -0.25) is 9.69 Å². The second-order valence-corrected chi connectivity index (χ2v) is 5.31. The number of carbonyl (C=O) groups is 1.